The van der Waals surface area contributed by atoms with Crippen LogP contribution in [-0.4, -0.2) is 9.78 Å². The van der Waals surface area contributed by atoms with Gasteiger partial charge in [-0.05, 0) is 48.5 Å². The van der Waals surface area contributed by atoms with E-state index < -0.39 is 0 Å². The summed E-state index contributed by atoms with van der Waals surface area (Å²) in [5.74, 6) is 0. The third-order valence-electron chi connectivity index (χ3n) is 4.14. The maximum absolute atomic E-state index is 6.22. The summed E-state index contributed by atoms with van der Waals surface area (Å²) in [4.78, 5) is 0. The van der Waals surface area contributed by atoms with Crippen molar-refractivity contribution in [3.05, 3.63) is 92.9 Å². The standard InChI is InChI=1S/C21H12Cl4N2/c22-15-5-1-13(2-6-15)20-12-21(14-3-7-16(23)8-4-14)27(26-20)17-9-10-18(24)19(25)11-17/h1-12H. The highest BCUT2D eigenvalue weighted by atomic mass is 35.5. The van der Waals surface area contributed by atoms with Gasteiger partial charge < -0.3 is 0 Å². The van der Waals surface area contributed by atoms with Gasteiger partial charge in [0.25, 0.3) is 0 Å². The molecule has 2 nitrogen and oxygen atoms in total. The van der Waals surface area contributed by atoms with Gasteiger partial charge in [-0.1, -0.05) is 70.7 Å². The monoisotopic (exact) mass is 432 g/mol. The summed E-state index contributed by atoms with van der Waals surface area (Å²) in [7, 11) is 0. The van der Waals surface area contributed by atoms with Crippen LogP contribution in [0.25, 0.3) is 28.2 Å². The van der Waals surface area contributed by atoms with Gasteiger partial charge in [-0.2, -0.15) is 5.10 Å². The topological polar surface area (TPSA) is 17.8 Å². The minimum absolute atomic E-state index is 0.472. The first-order valence-corrected chi connectivity index (χ1v) is 9.60. The molecule has 4 rings (SSSR count). The second-order valence-electron chi connectivity index (χ2n) is 5.94. The maximum atomic E-state index is 6.22. The van der Waals surface area contributed by atoms with Crippen molar-refractivity contribution >= 4 is 46.4 Å². The second-order valence-corrected chi connectivity index (χ2v) is 7.63. The molecule has 0 spiro atoms. The van der Waals surface area contributed by atoms with Crippen molar-refractivity contribution in [3.8, 4) is 28.2 Å². The summed E-state index contributed by atoms with van der Waals surface area (Å²) < 4.78 is 1.84. The molecule has 1 aromatic heterocycles. The molecule has 0 atom stereocenters. The third kappa shape index (κ3) is 3.85. The molecule has 0 aliphatic rings. The van der Waals surface area contributed by atoms with Crippen molar-refractivity contribution in [1.29, 1.82) is 0 Å². The highest BCUT2D eigenvalue weighted by Gasteiger charge is 2.14. The summed E-state index contributed by atoms with van der Waals surface area (Å²) >= 11 is 24.3. The molecule has 27 heavy (non-hydrogen) atoms. The van der Waals surface area contributed by atoms with Crippen LogP contribution in [0, 0.1) is 0 Å². The lowest BCUT2D eigenvalue weighted by atomic mass is 10.1. The molecule has 4 aromatic rings. The number of hydrogen-bond donors (Lipinski definition) is 0. The minimum Gasteiger partial charge on any atom is -0.232 e. The van der Waals surface area contributed by atoms with Crippen LogP contribution in [0.4, 0.5) is 0 Å². The van der Waals surface area contributed by atoms with Crippen LogP contribution in [0.1, 0.15) is 0 Å². The Morgan fingerprint density at radius 3 is 1.78 bits per heavy atom. The lowest BCUT2D eigenvalue weighted by molar-refractivity contribution is 0.892. The minimum atomic E-state index is 0.472. The van der Waals surface area contributed by atoms with Crippen molar-refractivity contribution in [1.82, 2.24) is 9.78 Å². The van der Waals surface area contributed by atoms with Gasteiger partial charge >= 0.3 is 0 Å². The number of aromatic nitrogens is 2. The highest BCUT2D eigenvalue weighted by Crippen LogP contribution is 2.32. The Kier molecular flexibility index (Phi) is 5.16. The van der Waals surface area contributed by atoms with Crippen LogP contribution in [0.5, 0.6) is 0 Å². The lowest BCUT2D eigenvalue weighted by Gasteiger charge is -2.09. The number of nitrogens with zero attached hydrogens (tertiary/aromatic N) is 2. The molecule has 0 aliphatic heterocycles. The Labute approximate surface area is 176 Å². The molecule has 0 amide bonds. The van der Waals surface area contributed by atoms with Gasteiger partial charge in [-0.25, -0.2) is 4.68 Å². The Hall–Kier alpha value is -1.97. The van der Waals surface area contributed by atoms with Crippen molar-refractivity contribution < 1.29 is 0 Å². The van der Waals surface area contributed by atoms with E-state index in [1.807, 2.05) is 65.3 Å². The van der Waals surface area contributed by atoms with Crippen LogP contribution in [0.2, 0.25) is 20.1 Å². The molecule has 0 N–H and O–H groups in total. The van der Waals surface area contributed by atoms with Crippen LogP contribution in [-0.2, 0) is 0 Å². The Balaban J connectivity index is 1.90. The summed E-state index contributed by atoms with van der Waals surface area (Å²) in [5.41, 5.74) is 4.50. The molecule has 6 heteroatoms. The Morgan fingerprint density at radius 1 is 0.593 bits per heavy atom. The van der Waals surface area contributed by atoms with E-state index in [1.165, 1.54) is 0 Å². The largest absolute Gasteiger partial charge is 0.232 e. The fourth-order valence-electron chi connectivity index (χ4n) is 2.78. The molecular weight excluding hydrogens is 422 g/mol. The molecule has 0 bridgehead atoms. The highest BCUT2D eigenvalue weighted by molar-refractivity contribution is 6.42. The van der Waals surface area contributed by atoms with E-state index in [-0.39, 0.29) is 0 Å². The molecule has 0 saturated carbocycles. The normalized spacial score (nSPS) is 11.0. The SMILES string of the molecule is Clc1ccc(-c2cc(-c3ccc(Cl)cc3)n(-c3ccc(Cl)c(Cl)c3)n2)cc1. The molecule has 0 saturated heterocycles. The zero-order chi connectivity index (χ0) is 19.0. The van der Waals surface area contributed by atoms with Crippen LogP contribution < -0.4 is 0 Å². The van der Waals surface area contributed by atoms with Gasteiger partial charge in [0.2, 0.25) is 0 Å². The van der Waals surface area contributed by atoms with Crippen molar-refractivity contribution in [3.63, 3.8) is 0 Å². The summed E-state index contributed by atoms with van der Waals surface area (Å²) in [6.45, 7) is 0. The second kappa shape index (κ2) is 7.57. The molecule has 0 unspecified atom stereocenters. The average Bonchev–Trinajstić information content (AvgIpc) is 3.10. The summed E-state index contributed by atoms with van der Waals surface area (Å²) in [6, 6.07) is 22.6. The first-order valence-electron chi connectivity index (χ1n) is 8.08. The predicted molar refractivity (Wildman–Crippen MR) is 114 cm³/mol. The van der Waals surface area contributed by atoms with Crippen molar-refractivity contribution in [2.45, 2.75) is 0 Å². The molecule has 134 valence electrons. The number of benzene rings is 3. The van der Waals surface area contributed by atoms with Crippen LogP contribution in [0.15, 0.2) is 72.8 Å². The fourth-order valence-corrected chi connectivity index (χ4v) is 3.33. The van der Waals surface area contributed by atoms with Gasteiger partial charge in [0.1, 0.15) is 0 Å². The summed E-state index contributed by atoms with van der Waals surface area (Å²) in [6.07, 6.45) is 0. The average molecular weight is 434 g/mol. The Bertz CT molecular complexity index is 1100. The zero-order valence-electron chi connectivity index (χ0n) is 13.8. The first kappa shape index (κ1) is 18.4. The number of halogens is 4. The summed E-state index contributed by atoms with van der Waals surface area (Å²) in [5, 5.41) is 7.12. The quantitative estimate of drug-likeness (QED) is 0.322. The smallest absolute Gasteiger partial charge is 0.0934 e. The number of rotatable bonds is 3. The zero-order valence-corrected chi connectivity index (χ0v) is 16.9. The fraction of sp³-hybridized carbons (Fsp3) is 0. The molecule has 0 radical (unpaired) electrons. The van der Waals surface area contributed by atoms with E-state index in [4.69, 9.17) is 51.5 Å². The Morgan fingerprint density at radius 2 is 1.19 bits per heavy atom. The predicted octanol–water partition coefficient (Wildman–Crippen LogP) is 7.82. The molecule has 0 aliphatic carbocycles. The lowest BCUT2D eigenvalue weighted by Crippen LogP contribution is -1.99. The van der Waals surface area contributed by atoms with Gasteiger partial charge in [0.05, 0.1) is 27.1 Å². The van der Waals surface area contributed by atoms with E-state index in [0.29, 0.717) is 20.1 Å². The van der Waals surface area contributed by atoms with E-state index in [1.54, 1.807) is 12.1 Å². The van der Waals surface area contributed by atoms with Gasteiger partial charge in [-0.3, -0.25) is 0 Å². The molecule has 3 aromatic carbocycles. The van der Waals surface area contributed by atoms with Gasteiger partial charge in [0.15, 0.2) is 0 Å². The van der Waals surface area contributed by atoms with Gasteiger partial charge in [0, 0.05) is 21.2 Å². The van der Waals surface area contributed by atoms with Crippen molar-refractivity contribution in [2.24, 2.45) is 0 Å². The van der Waals surface area contributed by atoms with Crippen LogP contribution >= 0.6 is 46.4 Å². The molecule has 1 heterocycles. The first-order chi connectivity index (χ1) is 13.0. The van der Waals surface area contributed by atoms with E-state index in [9.17, 15) is 0 Å². The van der Waals surface area contributed by atoms with Crippen LogP contribution in [0.3, 0.4) is 0 Å². The van der Waals surface area contributed by atoms with E-state index in [2.05, 4.69) is 0 Å². The maximum Gasteiger partial charge on any atom is 0.0934 e. The van der Waals surface area contributed by atoms with Crippen molar-refractivity contribution in [2.75, 3.05) is 0 Å². The van der Waals surface area contributed by atoms with E-state index in [0.717, 1.165) is 28.2 Å². The molecular formula is C21H12Cl4N2. The third-order valence-corrected chi connectivity index (χ3v) is 5.38. The van der Waals surface area contributed by atoms with Gasteiger partial charge in [-0.15, -0.1) is 0 Å². The molecule has 0 fully saturated rings. The van der Waals surface area contributed by atoms with E-state index >= 15 is 0 Å². The number of hydrogen-bond acceptors (Lipinski definition) is 1.